The van der Waals surface area contributed by atoms with Gasteiger partial charge in [-0.15, -0.1) is 0 Å². The van der Waals surface area contributed by atoms with E-state index in [1.165, 1.54) is 12.1 Å². The first-order chi connectivity index (χ1) is 10.8. The molecule has 1 aromatic carbocycles. The van der Waals surface area contributed by atoms with Gasteiger partial charge in [-0.1, -0.05) is 12.1 Å². The number of hydrogen-bond donors (Lipinski definition) is 1. The van der Waals surface area contributed by atoms with Crippen LogP contribution in [0.4, 0.5) is 19.0 Å². The summed E-state index contributed by atoms with van der Waals surface area (Å²) in [6, 6.07) is 6.37. The average molecular weight is 344 g/mol. The molecule has 1 aromatic heterocycles. The molecule has 2 aromatic rings. The van der Waals surface area contributed by atoms with Crippen molar-refractivity contribution >= 4 is 17.4 Å². The van der Waals surface area contributed by atoms with E-state index < -0.39 is 17.8 Å². The van der Waals surface area contributed by atoms with Crippen molar-refractivity contribution in [2.24, 2.45) is 0 Å². The molecule has 0 bridgehead atoms. The van der Waals surface area contributed by atoms with Crippen LogP contribution in [-0.2, 0) is 6.18 Å². The summed E-state index contributed by atoms with van der Waals surface area (Å²) < 4.78 is 37.8. The molecule has 1 fully saturated rings. The van der Waals surface area contributed by atoms with Gasteiger partial charge >= 0.3 is 6.18 Å². The second-order valence-electron chi connectivity index (χ2n) is 5.34. The Labute approximate surface area is 135 Å². The number of benzene rings is 1. The Morgan fingerprint density at radius 1 is 1.17 bits per heavy atom. The minimum absolute atomic E-state index is 0.0128. The van der Waals surface area contributed by atoms with Crippen LogP contribution in [0.15, 0.2) is 30.3 Å². The van der Waals surface area contributed by atoms with Crippen molar-refractivity contribution < 1.29 is 18.3 Å². The van der Waals surface area contributed by atoms with Crippen LogP contribution in [-0.4, -0.2) is 34.3 Å². The summed E-state index contributed by atoms with van der Waals surface area (Å²) in [6.45, 7) is 1.08. The van der Waals surface area contributed by atoms with E-state index in [4.69, 9.17) is 11.6 Å². The van der Waals surface area contributed by atoms with Crippen molar-refractivity contribution in [3.63, 3.8) is 0 Å². The lowest BCUT2D eigenvalue weighted by atomic mass is 10.1. The van der Waals surface area contributed by atoms with E-state index in [-0.39, 0.29) is 5.28 Å². The minimum Gasteiger partial charge on any atom is -0.391 e. The van der Waals surface area contributed by atoms with Gasteiger partial charge in [-0.3, -0.25) is 0 Å². The molecule has 3 rings (SSSR count). The first-order valence-electron chi connectivity index (χ1n) is 6.98. The first-order valence-corrected chi connectivity index (χ1v) is 7.36. The molecule has 0 aliphatic carbocycles. The van der Waals surface area contributed by atoms with Gasteiger partial charge in [-0.25, -0.2) is 9.97 Å². The van der Waals surface area contributed by atoms with Crippen molar-refractivity contribution in [3.05, 3.63) is 41.2 Å². The molecule has 1 N–H and O–H groups in total. The Bertz CT molecular complexity index is 706. The molecule has 23 heavy (non-hydrogen) atoms. The van der Waals surface area contributed by atoms with Gasteiger partial charge in [-0.05, 0) is 30.2 Å². The van der Waals surface area contributed by atoms with Crippen LogP contribution in [0.2, 0.25) is 5.28 Å². The number of β-amino-alcohol motifs (C(OH)–C–C–N with tert-alkyl or cyclic N) is 1. The van der Waals surface area contributed by atoms with Gasteiger partial charge < -0.3 is 10.0 Å². The Kier molecular flexibility index (Phi) is 4.16. The number of aromatic nitrogens is 2. The lowest BCUT2D eigenvalue weighted by Gasteiger charge is -2.17. The van der Waals surface area contributed by atoms with Crippen molar-refractivity contribution in [1.29, 1.82) is 0 Å². The first kappa shape index (κ1) is 16.0. The Morgan fingerprint density at radius 3 is 2.43 bits per heavy atom. The zero-order valence-electron chi connectivity index (χ0n) is 11.9. The van der Waals surface area contributed by atoms with E-state index in [2.05, 4.69) is 9.97 Å². The zero-order chi connectivity index (χ0) is 16.6. The van der Waals surface area contributed by atoms with E-state index >= 15 is 0 Å². The Balaban J connectivity index is 1.92. The summed E-state index contributed by atoms with van der Waals surface area (Å²) in [5.41, 5.74) is 0.239. The zero-order valence-corrected chi connectivity index (χ0v) is 12.6. The quantitative estimate of drug-likeness (QED) is 0.849. The molecule has 1 aliphatic heterocycles. The number of nitrogens with zero attached hydrogens (tertiary/aromatic N) is 3. The molecule has 0 spiro atoms. The van der Waals surface area contributed by atoms with Crippen LogP contribution in [0.1, 0.15) is 12.0 Å². The summed E-state index contributed by atoms with van der Waals surface area (Å²) in [5, 5.41) is 9.61. The predicted molar refractivity (Wildman–Crippen MR) is 80.3 cm³/mol. The van der Waals surface area contributed by atoms with Crippen LogP contribution in [0.3, 0.4) is 0 Å². The molecule has 122 valence electrons. The number of aliphatic hydroxyl groups is 1. The van der Waals surface area contributed by atoms with Crippen LogP contribution in [0, 0.1) is 0 Å². The van der Waals surface area contributed by atoms with Crippen molar-refractivity contribution in [3.8, 4) is 11.3 Å². The van der Waals surface area contributed by atoms with E-state index in [1.54, 1.807) is 6.07 Å². The molecule has 0 saturated carbocycles. The average Bonchev–Trinajstić information content (AvgIpc) is 2.92. The van der Waals surface area contributed by atoms with Crippen molar-refractivity contribution in [2.75, 3.05) is 18.0 Å². The largest absolute Gasteiger partial charge is 0.416 e. The lowest BCUT2D eigenvalue weighted by molar-refractivity contribution is -0.137. The third kappa shape index (κ3) is 3.56. The topological polar surface area (TPSA) is 49.2 Å². The SMILES string of the molecule is O[C@H]1CCN(c2cc(-c3ccc(C(F)(F)F)cc3)nc(Cl)n2)C1. The summed E-state index contributed by atoms with van der Waals surface area (Å²) >= 11 is 5.93. The fraction of sp³-hybridized carbons (Fsp3) is 0.333. The Hall–Kier alpha value is -1.86. The summed E-state index contributed by atoms with van der Waals surface area (Å²) in [5.74, 6) is 0.552. The highest BCUT2D eigenvalue weighted by atomic mass is 35.5. The fourth-order valence-corrected chi connectivity index (χ4v) is 2.67. The van der Waals surface area contributed by atoms with E-state index in [0.717, 1.165) is 12.1 Å². The van der Waals surface area contributed by atoms with Gasteiger partial charge in [0.2, 0.25) is 5.28 Å². The number of anilines is 1. The number of hydrogen-bond acceptors (Lipinski definition) is 4. The molecule has 0 amide bonds. The number of rotatable bonds is 2. The maximum Gasteiger partial charge on any atom is 0.416 e. The molecular weight excluding hydrogens is 331 g/mol. The number of aliphatic hydroxyl groups excluding tert-OH is 1. The molecule has 8 heteroatoms. The lowest BCUT2D eigenvalue weighted by Crippen LogP contribution is -2.22. The highest BCUT2D eigenvalue weighted by molar-refractivity contribution is 6.28. The maximum absolute atomic E-state index is 12.6. The normalized spacial score (nSPS) is 18.5. The smallest absolute Gasteiger partial charge is 0.391 e. The van der Waals surface area contributed by atoms with Crippen molar-refractivity contribution in [2.45, 2.75) is 18.7 Å². The molecule has 1 aliphatic rings. The molecular formula is C15H13ClF3N3O. The predicted octanol–water partition coefficient (Wildman–Crippen LogP) is 3.39. The minimum atomic E-state index is -4.38. The molecule has 1 saturated heterocycles. The van der Waals surface area contributed by atoms with Gasteiger partial charge in [-0.2, -0.15) is 13.2 Å². The van der Waals surface area contributed by atoms with Gasteiger partial charge in [0, 0.05) is 24.7 Å². The molecule has 1 atom stereocenters. The summed E-state index contributed by atoms with van der Waals surface area (Å²) in [4.78, 5) is 10.1. The van der Waals surface area contributed by atoms with E-state index in [0.29, 0.717) is 36.6 Å². The van der Waals surface area contributed by atoms with Crippen LogP contribution in [0.5, 0.6) is 0 Å². The van der Waals surface area contributed by atoms with E-state index in [1.807, 2.05) is 4.90 Å². The van der Waals surface area contributed by atoms with Gasteiger partial charge in [0.15, 0.2) is 0 Å². The molecule has 0 unspecified atom stereocenters. The fourth-order valence-electron chi connectivity index (χ4n) is 2.50. The van der Waals surface area contributed by atoms with Crippen LogP contribution >= 0.6 is 11.6 Å². The monoisotopic (exact) mass is 343 g/mol. The number of halogens is 4. The maximum atomic E-state index is 12.6. The standard InChI is InChI=1S/C15H13ClF3N3O/c16-14-20-12(7-13(21-14)22-6-5-11(23)8-22)9-1-3-10(4-2-9)15(17,18)19/h1-4,7,11,23H,5-6,8H2/t11-/m0/s1. The van der Waals surface area contributed by atoms with Crippen LogP contribution < -0.4 is 4.90 Å². The second kappa shape index (κ2) is 5.98. The van der Waals surface area contributed by atoms with E-state index in [9.17, 15) is 18.3 Å². The third-order valence-corrected chi connectivity index (χ3v) is 3.85. The highest BCUT2D eigenvalue weighted by Crippen LogP contribution is 2.31. The third-order valence-electron chi connectivity index (χ3n) is 3.68. The summed E-state index contributed by atoms with van der Waals surface area (Å²) in [7, 11) is 0. The van der Waals surface area contributed by atoms with Gasteiger partial charge in [0.1, 0.15) is 5.82 Å². The number of alkyl halides is 3. The van der Waals surface area contributed by atoms with Gasteiger partial charge in [0.25, 0.3) is 0 Å². The molecule has 0 radical (unpaired) electrons. The van der Waals surface area contributed by atoms with Crippen LogP contribution in [0.25, 0.3) is 11.3 Å². The Morgan fingerprint density at radius 2 is 1.87 bits per heavy atom. The second-order valence-corrected chi connectivity index (χ2v) is 5.68. The molecule has 4 nitrogen and oxygen atoms in total. The highest BCUT2D eigenvalue weighted by Gasteiger charge is 2.30. The van der Waals surface area contributed by atoms with Gasteiger partial charge in [0.05, 0.1) is 17.4 Å². The van der Waals surface area contributed by atoms with Crippen molar-refractivity contribution in [1.82, 2.24) is 9.97 Å². The molecule has 2 heterocycles. The summed E-state index contributed by atoms with van der Waals surface area (Å²) in [6.07, 6.45) is -4.16.